The van der Waals surface area contributed by atoms with E-state index in [0.717, 1.165) is 31.6 Å². The van der Waals surface area contributed by atoms with E-state index in [2.05, 4.69) is 22.0 Å². The second-order valence-electron chi connectivity index (χ2n) is 4.45. The van der Waals surface area contributed by atoms with Crippen LogP contribution in [0.3, 0.4) is 0 Å². The van der Waals surface area contributed by atoms with Crippen LogP contribution in [0.1, 0.15) is 17.0 Å². The number of rotatable bonds is 2. The third-order valence-corrected chi connectivity index (χ3v) is 3.25. The molecule has 3 heteroatoms. The fourth-order valence-electron chi connectivity index (χ4n) is 2.42. The van der Waals surface area contributed by atoms with Crippen molar-refractivity contribution < 1.29 is 4.39 Å². The van der Waals surface area contributed by atoms with Gasteiger partial charge < -0.3 is 9.88 Å². The van der Waals surface area contributed by atoms with Gasteiger partial charge in [-0.1, -0.05) is 12.1 Å². The topological polar surface area (TPSA) is 17.0 Å². The molecule has 88 valence electrons. The molecule has 17 heavy (non-hydrogen) atoms. The van der Waals surface area contributed by atoms with Crippen LogP contribution in [0.25, 0.3) is 0 Å². The van der Waals surface area contributed by atoms with Gasteiger partial charge in [0.05, 0.1) is 0 Å². The number of benzene rings is 1. The minimum atomic E-state index is -0.158. The van der Waals surface area contributed by atoms with Gasteiger partial charge in [0, 0.05) is 37.4 Å². The molecule has 0 amide bonds. The summed E-state index contributed by atoms with van der Waals surface area (Å²) in [5, 5.41) is 3.35. The van der Waals surface area contributed by atoms with Crippen LogP contribution in [0.15, 0.2) is 36.4 Å². The lowest BCUT2D eigenvalue weighted by atomic mass is 10.1. The Labute approximate surface area is 100 Å². The highest BCUT2D eigenvalue weighted by molar-refractivity contribution is 5.26. The lowest BCUT2D eigenvalue weighted by Gasteiger charge is -2.19. The van der Waals surface area contributed by atoms with Gasteiger partial charge in [-0.15, -0.1) is 0 Å². The Balaban J connectivity index is 1.88. The highest BCUT2D eigenvalue weighted by Gasteiger charge is 2.12. The Morgan fingerprint density at radius 3 is 3.06 bits per heavy atom. The van der Waals surface area contributed by atoms with E-state index in [0.29, 0.717) is 0 Å². The molecule has 0 aliphatic carbocycles. The fraction of sp³-hybridized carbons (Fsp3) is 0.286. The summed E-state index contributed by atoms with van der Waals surface area (Å²) in [5.41, 5.74) is 3.62. The van der Waals surface area contributed by atoms with Gasteiger partial charge in [0.2, 0.25) is 0 Å². The van der Waals surface area contributed by atoms with Crippen LogP contribution in [0, 0.1) is 5.82 Å². The van der Waals surface area contributed by atoms with Gasteiger partial charge in [-0.25, -0.2) is 4.39 Å². The van der Waals surface area contributed by atoms with E-state index in [4.69, 9.17) is 0 Å². The Morgan fingerprint density at radius 2 is 2.18 bits per heavy atom. The maximum absolute atomic E-state index is 13.1. The van der Waals surface area contributed by atoms with Gasteiger partial charge in [-0.3, -0.25) is 0 Å². The first kappa shape index (κ1) is 10.5. The SMILES string of the molecule is Fc1cccc(Cc2ccc3n2CCNC3)c1. The average molecular weight is 230 g/mol. The number of nitrogens with one attached hydrogen (secondary N) is 1. The van der Waals surface area contributed by atoms with Crippen molar-refractivity contribution in [2.24, 2.45) is 0 Å². The van der Waals surface area contributed by atoms with E-state index in [9.17, 15) is 4.39 Å². The number of aromatic nitrogens is 1. The summed E-state index contributed by atoms with van der Waals surface area (Å²) in [4.78, 5) is 0. The summed E-state index contributed by atoms with van der Waals surface area (Å²) in [7, 11) is 0. The molecular weight excluding hydrogens is 215 g/mol. The van der Waals surface area contributed by atoms with Crippen LogP contribution in [-0.4, -0.2) is 11.1 Å². The molecular formula is C14H15FN2. The summed E-state index contributed by atoms with van der Waals surface area (Å²) >= 11 is 0. The molecule has 1 aromatic carbocycles. The van der Waals surface area contributed by atoms with Crippen LogP contribution < -0.4 is 5.32 Å². The first-order valence-electron chi connectivity index (χ1n) is 5.95. The minimum Gasteiger partial charge on any atom is -0.346 e. The summed E-state index contributed by atoms with van der Waals surface area (Å²) in [6, 6.07) is 11.1. The predicted molar refractivity (Wildman–Crippen MR) is 65.3 cm³/mol. The van der Waals surface area contributed by atoms with Gasteiger partial charge in [-0.05, 0) is 29.8 Å². The van der Waals surface area contributed by atoms with Crippen LogP contribution in [0.5, 0.6) is 0 Å². The van der Waals surface area contributed by atoms with Crippen LogP contribution in [0.2, 0.25) is 0 Å². The predicted octanol–water partition coefficient (Wildman–Crippen LogP) is 2.32. The quantitative estimate of drug-likeness (QED) is 0.837. The largest absolute Gasteiger partial charge is 0.346 e. The van der Waals surface area contributed by atoms with E-state index >= 15 is 0 Å². The Kier molecular flexibility index (Phi) is 2.69. The van der Waals surface area contributed by atoms with Gasteiger partial charge in [-0.2, -0.15) is 0 Å². The second-order valence-corrected chi connectivity index (χ2v) is 4.45. The molecule has 2 heterocycles. The van der Waals surface area contributed by atoms with Crippen molar-refractivity contribution >= 4 is 0 Å². The second kappa shape index (κ2) is 4.34. The highest BCUT2D eigenvalue weighted by Crippen LogP contribution is 2.16. The fourth-order valence-corrected chi connectivity index (χ4v) is 2.42. The normalized spacial score (nSPS) is 14.6. The molecule has 3 rings (SSSR count). The maximum Gasteiger partial charge on any atom is 0.123 e. The van der Waals surface area contributed by atoms with Crippen LogP contribution in [0.4, 0.5) is 4.39 Å². The number of nitrogens with zero attached hydrogens (tertiary/aromatic N) is 1. The molecule has 2 aromatic rings. The number of hydrogen-bond acceptors (Lipinski definition) is 1. The van der Waals surface area contributed by atoms with Gasteiger partial charge in [0.15, 0.2) is 0 Å². The van der Waals surface area contributed by atoms with Gasteiger partial charge in [0.25, 0.3) is 0 Å². The lowest BCUT2D eigenvalue weighted by molar-refractivity contribution is 0.506. The summed E-state index contributed by atoms with van der Waals surface area (Å²) in [6.07, 6.45) is 0.803. The van der Waals surface area contributed by atoms with E-state index in [1.54, 1.807) is 12.1 Å². The number of halogens is 1. The zero-order chi connectivity index (χ0) is 11.7. The smallest absolute Gasteiger partial charge is 0.123 e. The molecule has 0 saturated heterocycles. The van der Waals surface area contributed by atoms with E-state index < -0.39 is 0 Å². The highest BCUT2D eigenvalue weighted by atomic mass is 19.1. The standard InChI is InChI=1S/C14H15FN2/c15-12-3-1-2-11(8-12)9-13-4-5-14-10-16-6-7-17(13)14/h1-5,8,16H,6-7,9-10H2. The Hall–Kier alpha value is -1.61. The molecule has 0 fully saturated rings. The molecule has 0 unspecified atom stereocenters. The van der Waals surface area contributed by atoms with E-state index in [1.807, 2.05) is 6.07 Å². The molecule has 0 spiro atoms. The van der Waals surface area contributed by atoms with Gasteiger partial charge >= 0.3 is 0 Å². The molecule has 2 nitrogen and oxygen atoms in total. The molecule has 0 saturated carbocycles. The molecule has 1 aromatic heterocycles. The van der Waals surface area contributed by atoms with E-state index in [-0.39, 0.29) is 5.82 Å². The van der Waals surface area contributed by atoms with E-state index in [1.165, 1.54) is 17.5 Å². The summed E-state index contributed by atoms with van der Waals surface area (Å²) in [6.45, 7) is 2.95. The Bertz CT molecular complexity index is 531. The first-order valence-corrected chi connectivity index (χ1v) is 5.95. The summed E-state index contributed by atoms with van der Waals surface area (Å²) in [5.74, 6) is -0.158. The molecule has 0 bridgehead atoms. The average Bonchev–Trinajstić information content (AvgIpc) is 2.73. The Morgan fingerprint density at radius 1 is 1.24 bits per heavy atom. The zero-order valence-corrected chi connectivity index (χ0v) is 9.62. The van der Waals surface area contributed by atoms with Gasteiger partial charge in [0.1, 0.15) is 5.82 Å². The monoisotopic (exact) mass is 230 g/mol. The minimum absolute atomic E-state index is 0.158. The van der Waals surface area contributed by atoms with Crippen molar-refractivity contribution in [3.63, 3.8) is 0 Å². The summed E-state index contributed by atoms with van der Waals surface area (Å²) < 4.78 is 15.5. The van der Waals surface area contributed by atoms with Crippen LogP contribution in [-0.2, 0) is 19.5 Å². The number of hydrogen-bond donors (Lipinski definition) is 1. The third-order valence-electron chi connectivity index (χ3n) is 3.25. The molecule has 1 aliphatic rings. The first-order chi connectivity index (χ1) is 8.33. The molecule has 0 radical (unpaired) electrons. The van der Waals surface area contributed by atoms with Crippen molar-refractivity contribution in [1.29, 1.82) is 0 Å². The van der Waals surface area contributed by atoms with Crippen molar-refractivity contribution in [3.8, 4) is 0 Å². The third kappa shape index (κ3) is 2.11. The molecule has 1 N–H and O–H groups in total. The van der Waals surface area contributed by atoms with Crippen molar-refractivity contribution in [2.75, 3.05) is 6.54 Å². The van der Waals surface area contributed by atoms with Crippen molar-refractivity contribution in [1.82, 2.24) is 9.88 Å². The number of fused-ring (bicyclic) bond motifs is 1. The van der Waals surface area contributed by atoms with Crippen molar-refractivity contribution in [3.05, 3.63) is 59.2 Å². The maximum atomic E-state index is 13.1. The lowest BCUT2D eigenvalue weighted by Crippen LogP contribution is -2.28. The molecule has 1 aliphatic heterocycles. The van der Waals surface area contributed by atoms with Crippen LogP contribution >= 0.6 is 0 Å². The molecule has 0 atom stereocenters. The zero-order valence-electron chi connectivity index (χ0n) is 9.62. The van der Waals surface area contributed by atoms with Crippen molar-refractivity contribution in [2.45, 2.75) is 19.5 Å².